The van der Waals surface area contributed by atoms with Gasteiger partial charge in [-0.3, -0.25) is 9.79 Å². The van der Waals surface area contributed by atoms with Crippen molar-refractivity contribution in [1.29, 1.82) is 0 Å². The fourth-order valence-corrected chi connectivity index (χ4v) is 7.01. The molecule has 0 radical (unpaired) electrons. The zero-order valence-corrected chi connectivity index (χ0v) is 16.4. The van der Waals surface area contributed by atoms with Gasteiger partial charge < -0.3 is 10.2 Å². The van der Waals surface area contributed by atoms with Crippen LogP contribution in [0.25, 0.3) is 0 Å². The molecule has 6 nitrogen and oxygen atoms in total. The number of carbonyl (C=O) groups excluding carboxylic acids is 1. The molecule has 2 heterocycles. The Bertz CT molecular complexity index is 1010. The van der Waals surface area contributed by atoms with Crippen LogP contribution >= 0.6 is 11.8 Å². The zero-order valence-electron chi connectivity index (χ0n) is 14.8. The number of fused-ring (bicyclic) bond motifs is 1. The van der Waals surface area contributed by atoms with Gasteiger partial charge in [-0.2, -0.15) is 0 Å². The lowest BCUT2D eigenvalue weighted by Crippen LogP contribution is -2.36. The van der Waals surface area contributed by atoms with Crippen LogP contribution in [0.15, 0.2) is 59.6 Å². The molecule has 0 unspecified atom stereocenters. The summed E-state index contributed by atoms with van der Waals surface area (Å²) in [5.41, 5.74) is 1.30. The number of thioether (sulfide) groups is 1. The highest BCUT2D eigenvalue weighted by atomic mass is 32.2. The van der Waals surface area contributed by atoms with E-state index in [1.165, 1.54) is 36.0 Å². The number of hydrogen-bond acceptors (Lipinski definition) is 6. The average molecular weight is 420 g/mol. The Morgan fingerprint density at radius 1 is 1.14 bits per heavy atom. The minimum Gasteiger partial charge on any atom is -0.325 e. The van der Waals surface area contributed by atoms with E-state index < -0.39 is 9.84 Å². The highest BCUT2D eigenvalue weighted by molar-refractivity contribution is 8.15. The summed E-state index contributed by atoms with van der Waals surface area (Å²) in [6.45, 7) is 0.0133. The number of hydrogen-bond donors (Lipinski definition) is 1. The molecule has 2 aromatic rings. The molecular formula is C19H18FN3O3S2. The third kappa shape index (κ3) is 4.20. The highest BCUT2D eigenvalue weighted by Gasteiger charge is 2.44. The van der Waals surface area contributed by atoms with Crippen molar-refractivity contribution >= 4 is 44.0 Å². The number of sulfone groups is 1. The SMILES string of the molecule is O=C(CN(C1=N[C@@H]2CS(=O)(=O)C[C@@H]2S1)c1ccccc1)Nc1ccc(F)cc1. The number of anilines is 2. The van der Waals surface area contributed by atoms with Gasteiger partial charge in [-0.1, -0.05) is 30.0 Å². The molecule has 0 bridgehead atoms. The van der Waals surface area contributed by atoms with Crippen LogP contribution in [0, 0.1) is 5.82 Å². The lowest BCUT2D eigenvalue weighted by Gasteiger charge is -2.24. The molecule has 2 aromatic carbocycles. The first kappa shape index (κ1) is 18.9. The van der Waals surface area contributed by atoms with Crippen LogP contribution < -0.4 is 10.2 Å². The monoisotopic (exact) mass is 419 g/mol. The Hall–Kier alpha value is -2.39. The molecule has 0 spiro atoms. The van der Waals surface area contributed by atoms with Crippen molar-refractivity contribution in [3.05, 3.63) is 60.4 Å². The molecule has 0 aliphatic carbocycles. The van der Waals surface area contributed by atoms with E-state index in [1.54, 1.807) is 4.90 Å². The third-order valence-electron chi connectivity index (χ3n) is 4.53. The van der Waals surface area contributed by atoms with E-state index in [9.17, 15) is 17.6 Å². The molecule has 0 aromatic heterocycles. The lowest BCUT2D eigenvalue weighted by molar-refractivity contribution is -0.114. The van der Waals surface area contributed by atoms with E-state index in [0.29, 0.717) is 10.9 Å². The summed E-state index contributed by atoms with van der Waals surface area (Å²) in [6, 6.07) is 14.7. The second-order valence-electron chi connectivity index (χ2n) is 6.69. The minimum absolute atomic E-state index is 0.0133. The van der Waals surface area contributed by atoms with Crippen molar-refractivity contribution < 1.29 is 17.6 Å². The predicted octanol–water partition coefficient (Wildman–Crippen LogP) is 2.54. The molecule has 2 aliphatic rings. The fraction of sp³-hybridized carbons (Fsp3) is 0.263. The quantitative estimate of drug-likeness (QED) is 0.824. The molecule has 1 amide bonds. The summed E-state index contributed by atoms with van der Waals surface area (Å²) in [7, 11) is -3.04. The van der Waals surface area contributed by atoms with E-state index in [2.05, 4.69) is 10.3 Å². The number of nitrogens with zero attached hydrogens (tertiary/aromatic N) is 2. The standard InChI is InChI=1S/C19H18FN3O3S2/c20-13-6-8-14(9-7-13)21-18(24)10-23(15-4-2-1-3-5-15)19-22-16-11-28(25,26)12-17(16)27-19/h1-9,16-17H,10-12H2,(H,21,24)/t16-,17+/m1/s1. The van der Waals surface area contributed by atoms with Crippen molar-refractivity contribution in [3.8, 4) is 0 Å². The summed E-state index contributed by atoms with van der Waals surface area (Å²) in [6.07, 6.45) is 0. The normalized spacial score (nSPS) is 22.4. The van der Waals surface area contributed by atoms with Crippen molar-refractivity contribution in [2.45, 2.75) is 11.3 Å². The number of para-hydroxylation sites is 1. The molecule has 4 rings (SSSR count). The molecule has 146 valence electrons. The summed E-state index contributed by atoms with van der Waals surface area (Å²) < 4.78 is 36.7. The average Bonchev–Trinajstić information content (AvgIpc) is 3.16. The first-order valence-corrected chi connectivity index (χ1v) is 11.4. The Morgan fingerprint density at radius 3 is 2.54 bits per heavy atom. The Labute approximate surface area is 166 Å². The Morgan fingerprint density at radius 2 is 1.86 bits per heavy atom. The van der Waals surface area contributed by atoms with E-state index >= 15 is 0 Å². The molecule has 1 fully saturated rings. The van der Waals surface area contributed by atoms with E-state index in [1.807, 2.05) is 30.3 Å². The number of nitrogens with one attached hydrogen (secondary N) is 1. The molecule has 2 aliphatic heterocycles. The number of halogens is 1. The number of amides is 1. The van der Waals surface area contributed by atoms with Gasteiger partial charge in [0, 0.05) is 16.6 Å². The van der Waals surface area contributed by atoms with Gasteiger partial charge in [0.05, 0.1) is 17.5 Å². The van der Waals surface area contributed by atoms with Crippen LogP contribution in [0.4, 0.5) is 15.8 Å². The maximum atomic E-state index is 13.0. The second-order valence-corrected chi connectivity index (χ2v) is 10.0. The highest BCUT2D eigenvalue weighted by Crippen LogP contribution is 2.36. The number of carbonyl (C=O) groups is 1. The van der Waals surface area contributed by atoms with Crippen LogP contribution in [0.5, 0.6) is 0 Å². The number of amidine groups is 1. The smallest absolute Gasteiger partial charge is 0.244 e. The van der Waals surface area contributed by atoms with Crippen LogP contribution in [0.3, 0.4) is 0 Å². The summed E-state index contributed by atoms with van der Waals surface area (Å²) >= 11 is 1.40. The van der Waals surface area contributed by atoms with Gasteiger partial charge in [0.1, 0.15) is 12.4 Å². The summed E-state index contributed by atoms with van der Waals surface area (Å²) in [5, 5.41) is 3.29. The largest absolute Gasteiger partial charge is 0.325 e. The molecule has 2 atom stereocenters. The first-order valence-electron chi connectivity index (χ1n) is 8.72. The molecular weight excluding hydrogens is 401 g/mol. The summed E-state index contributed by atoms with van der Waals surface area (Å²) in [5.74, 6) is -0.483. The van der Waals surface area contributed by atoms with E-state index in [-0.39, 0.29) is 41.1 Å². The molecule has 1 saturated heterocycles. The fourth-order valence-electron chi connectivity index (χ4n) is 3.23. The van der Waals surface area contributed by atoms with Crippen LogP contribution in [0.1, 0.15) is 0 Å². The van der Waals surface area contributed by atoms with Crippen molar-refractivity contribution in [2.24, 2.45) is 4.99 Å². The van der Waals surface area contributed by atoms with Crippen LogP contribution in [-0.2, 0) is 14.6 Å². The van der Waals surface area contributed by atoms with Crippen LogP contribution in [0.2, 0.25) is 0 Å². The van der Waals surface area contributed by atoms with Crippen molar-refractivity contribution in [2.75, 3.05) is 28.3 Å². The predicted molar refractivity (Wildman–Crippen MR) is 110 cm³/mol. The van der Waals surface area contributed by atoms with Gasteiger partial charge in [0.15, 0.2) is 15.0 Å². The van der Waals surface area contributed by atoms with Crippen molar-refractivity contribution in [1.82, 2.24) is 0 Å². The van der Waals surface area contributed by atoms with E-state index in [0.717, 1.165) is 5.69 Å². The number of benzene rings is 2. The van der Waals surface area contributed by atoms with E-state index in [4.69, 9.17) is 0 Å². The Kier molecular flexibility index (Phi) is 5.11. The molecule has 0 saturated carbocycles. The van der Waals surface area contributed by atoms with Gasteiger partial charge in [-0.15, -0.1) is 0 Å². The molecule has 28 heavy (non-hydrogen) atoms. The number of rotatable bonds is 4. The second kappa shape index (κ2) is 7.56. The van der Waals surface area contributed by atoms with Gasteiger partial charge >= 0.3 is 0 Å². The first-order chi connectivity index (χ1) is 13.4. The lowest BCUT2D eigenvalue weighted by atomic mass is 10.2. The maximum absolute atomic E-state index is 13.0. The number of aliphatic imine (C=N–C) groups is 1. The van der Waals surface area contributed by atoms with Gasteiger partial charge in [-0.05, 0) is 36.4 Å². The maximum Gasteiger partial charge on any atom is 0.244 e. The third-order valence-corrected chi connectivity index (χ3v) is 7.78. The molecule has 1 N–H and O–H groups in total. The minimum atomic E-state index is -3.04. The molecule has 9 heteroatoms. The summed E-state index contributed by atoms with van der Waals surface area (Å²) in [4.78, 5) is 19.0. The Balaban J connectivity index is 1.54. The van der Waals surface area contributed by atoms with Gasteiger partial charge in [0.2, 0.25) is 5.91 Å². The van der Waals surface area contributed by atoms with Gasteiger partial charge in [-0.25, -0.2) is 12.8 Å². The van der Waals surface area contributed by atoms with Gasteiger partial charge in [0.25, 0.3) is 0 Å². The van der Waals surface area contributed by atoms with Crippen LogP contribution in [-0.4, -0.2) is 48.8 Å². The topological polar surface area (TPSA) is 78.8 Å². The zero-order chi connectivity index (χ0) is 19.7. The van der Waals surface area contributed by atoms with Crippen molar-refractivity contribution in [3.63, 3.8) is 0 Å².